The zero-order valence-corrected chi connectivity index (χ0v) is 17.3. The van der Waals surface area contributed by atoms with Crippen LogP contribution in [0.1, 0.15) is 18.1 Å². The largest absolute Gasteiger partial charge is 0.419 e. The summed E-state index contributed by atoms with van der Waals surface area (Å²) in [6, 6.07) is 13.0. The zero-order valence-electron chi connectivity index (χ0n) is 16.5. The molecular formula is C21H17N5O4S. The van der Waals surface area contributed by atoms with E-state index < -0.39 is 4.92 Å². The van der Waals surface area contributed by atoms with Crippen LogP contribution in [0.5, 0.6) is 0 Å². The summed E-state index contributed by atoms with van der Waals surface area (Å²) >= 11 is 1.33. The predicted molar refractivity (Wildman–Crippen MR) is 117 cm³/mol. The number of rotatable bonds is 7. The van der Waals surface area contributed by atoms with Gasteiger partial charge in [-0.3, -0.25) is 19.5 Å². The van der Waals surface area contributed by atoms with Gasteiger partial charge in [-0.2, -0.15) is 0 Å². The van der Waals surface area contributed by atoms with Crippen molar-refractivity contribution in [2.24, 2.45) is 0 Å². The normalized spacial score (nSPS) is 12.0. The number of hydrogen-bond donors (Lipinski definition) is 0. The maximum Gasteiger partial charge on any atom is 0.269 e. The zero-order chi connectivity index (χ0) is 22.0. The Morgan fingerprint density at radius 2 is 1.97 bits per heavy atom. The van der Waals surface area contributed by atoms with Crippen LogP contribution in [0.4, 0.5) is 5.69 Å². The summed E-state index contributed by atoms with van der Waals surface area (Å²) in [4.78, 5) is 27.9. The SMILES string of the molecule is C=CCn1c(SC(C)c2nnc(-c3ccc([N+](=O)[O-])cc3)o2)nc2ccccc2c1=O. The quantitative estimate of drug-likeness (QED) is 0.138. The lowest BCUT2D eigenvalue weighted by atomic mass is 10.2. The van der Waals surface area contributed by atoms with Crippen molar-refractivity contribution in [3.63, 3.8) is 0 Å². The van der Waals surface area contributed by atoms with Crippen molar-refractivity contribution < 1.29 is 9.34 Å². The summed E-state index contributed by atoms with van der Waals surface area (Å²) in [5.74, 6) is 0.609. The van der Waals surface area contributed by atoms with Crippen LogP contribution in [0.2, 0.25) is 0 Å². The van der Waals surface area contributed by atoms with Gasteiger partial charge in [-0.05, 0) is 31.2 Å². The van der Waals surface area contributed by atoms with Crippen LogP contribution in [0, 0.1) is 10.1 Å². The van der Waals surface area contributed by atoms with E-state index in [4.69, 9.17) is 4.42 Å². The molecule has 0 fully saturated rings. The first-order valence-electron chi connectivity index (χ1n) is 9.33. The van der Waals surface area contributed by atoms with E-state index >= 15 is 0 Å². The fourth-order valence-corrected chi connectivity index (χ4v) is 3.93. The molecule has 31 heavy (non-hydrogen) atoms. The molecule has 0 bridgehead atoms. The molecule has 0 aliphatic rings. The third-order valence-corrected chi connectivity index (χ3v) is 5.61. The second-order valence-electron chi connectivity index (χ2n) is 6.63. The lowest BCUT2D eigenvalue weighted by molar-refractivity contribution is -0.384. The smallest absolute Gasteiger partial charge is 0.269 e. The number of allylic oxidation sites excluding steroid dienone is 1. The van der Waals surface area contributed by atoms with Gasteiger partial charge >= 0.3 is 0 Å². The fraction of sp³-hybridized carbons (Fsp3) is 0.143. The first kappa shape index (κ1) is 20.5. The van der Waals surface area contributed by atoms with Gasteiger partial charge in [-0.15, -0.1) is 16.8 Å². The summed E-state index contributed by atoms with van der Waals surface area (Å²) in [7, 11) is 0. The van der Waals surface area contributed by atoms with E-state index in [1.54, 1.807) is 41.0 Å². The van der Waals surface area contributed by atoms with Crippen LogP contribution in [-0.4, -0.2) is 24.7 Å². The van der Waals surface area contributed by atoms with Gasteiger partial charge in [0.2, 0.25) is 11.8 Å². The third kappa shape index (κ3) is 4.10. The van der Waals surface area contributed by atoms with Crippen molar-refractivity contribution in [1.29, 1.82) is 0 Å². The highest BCUT2D eigenvalue weighted by Gasteiger charge is 2.20. The first-order valence-corrected chi connectivity index (χ1v) is 10.2. The van der Waals surface area contributed by atoms with E-state index in [2.05, 4.69) is 21.8 Å². The van der Waals surface area contributed by atoms with Gasteiger partial charge in [0.1, 0.15) is 0 Å². The topological polar surface area (TPSA) is 117 Å². The van der Waals surface area contributed by atoms with E-state index in [9.17, 15) is 14.9 Å². The Hall–Kier alpha value is -3.79. The second-order valence-corrected chi connectivity index (χ2v) is 7.93. The average molecular weight is 435 g/mol. The van der Waals surface area contributed by atoms with E-state index in [1.807, 2.05) is 13.0 Å². The molecule has 0 aliphatic carbocycles. The lowest BCUT2D eigenvalue weighted by Crippen LogP contribution is -2.23. The Morgan fingerprint density at radius 3 is 2.68 bits per heavy atom. The Kier molecular flexibility index (Phi) is 5.63. The number of nitro groups is 1. The summed E-state index contributed by atoms with van der Waals surface area (Å²) in [5, 5.41) is 19.7. The number of nitro benzene ring substituents is 1. The number of para-hydroxylation sites is 1. The Bertz CT molecular complexity index is 1330. The standard InChI is InChI=1S/C21H17N5O4S/c1-3-12-25-20(27)16-6-4-5-7-17(16)22-21(25)31-13(2)18-23-24-19(30-18)14-8-10-15(11-9-14)26(28)29/h3-11,13H,1,12H2,2H3. The maximum atomic E-state index is 12.9. The van der Waals surface area contributed by atoms with Crippen LogP contribution >= 0.6 is 11.8 Å². The highest BCUT2D eigenvalue weighted by Crippen LogP contribution is 2.34. The molecule has 4 rings (SSSR count). The molecule has 2 heterocycles. The summed E-state index contributed by atoms with van der Waals surface area (Å²) in [6.45, 7) is 5.93. The van der Waals surface area contributed by atoms with Gasteiger partial charge in [0, 0.05) is 24.2 Å². The number of nitrogens with zero attached hydrogens (tertiary/aromatic N) is 5. The molecule has 9 nitrogen and oxygen atoms in total. The summed E-state index contributed by atoms with van der Waals surface area (Å²) in [6.07, 6.45) is 1.64. The van der Waals surface area contributed by atoms with Gasteiger partial charge < -0.3 is 4.42 Å². The van der Waals surface area contributed by atoms with Crippen molar-refractivity contribution in [3.8, 4) is 11.5 Å². The highest BCUT2D eigenvalue weighted by atomic mass is 32.2. The highest BCUT2D eigenvalue weighted by molar-refractivity contribution is 7.99. The molecular weight excluding hydrogens is 418 g/mol. The van der Waals surface area contributed by atoms with E-state index in [1.165, 1.54) is 23.9 Å². The minimum atomic E-state index is -0.471. The summed E-state index contributed by atoms with van der Waals surface area (Å²) < 4.78 is 7.33. The van der Waals surface area contributed by atoms with Gasteiger partial charge in [0.05, 0.1) is 21.1 Å². The van der Waals surface area contributed by atoms with E-state index in [-0.39, 0.29) is 22.4 Å². The summed E-state index contributed by atoms with van der Waals surface area (Å²) in [5.41, 5.74) is 1.03. The van der Waals surface area contributed by atoms with Crippen LogP contribution < -0.4 is 5.56 Å². The van der Waals surface area contributed by atoms with Gasteiger partial charge in [-0.1, -0.05) is 30.0 Å². The Labute approximate surface area is 180 Å². The number of thioether (sulfide) groups is 1. The number of aromatic nitrogens is 4. The first-order chi connectivity index (χ1) is 15.0. The third-order valence-electron chi connectivity index (χ3n) is 4.53. The number of benzene rings is 2. The lowest BCUT2D eigenvalue weighted by Gasteiger charge is -2.13. The monoisotopic (exact) mass is 435 g/mol. The van der Waals surface area contributed by atoms with Crippen molar-refractivity contribution >= 4 is 28.4 Å². The fourth-order valence-electron chi connectivity index (χ4n) is 2.98. The van der Waals surface area contributed by atoms with Crippen molar-refractivity contribution in [2.45, 2.75) is 23.9 Å². The Balaban J connectivity index is 1.63. The van der Waals surface area contributed by atoms with E-state index in [0.29, 0.717) is 34.1 Å². The molecule has 10 heteroatoms. The molecule has 1 atom stereocenters. The van der Waals surface area contributed by atoms with Crippen molar-refractivity contribution in [3.05, 3.63) is 87.5 Å². The molecule has 1 unspecified atom stereocenters. The van der Waals surface area contributed by atoms with Crippen LogP contribution in [0.3, 0.4) is 0 Å². The molecule has 0 saturated carbocycles. The van der Waals surface area contributed by atoms with Crippen LogP contribution in [-0.2, 0) is 6.54 Å². The van der Waals surface area contributed by atoms with Crippen LogP contribution in [0.15, 0.2) is 75.6 Å². The van der Waals surface area contributed by atoms with Gasteiger partial charge in [-0.25, -0.2) is 4.98 Å². The van der Waals surface area contributed by atoms with Crippen molar-refractivity contribution in [2.75, 3.05) is 0 Å². The molecule has 2 aromatic heterocycles. The molecule has 2 aromatic carbocycles. The Morgan fingerprint density at radius 1 is 1.23 bits per heavy atom. The minimum Gasteiger partial charge on any atom is -0.419 e. The van der Waals surface area contributed by atoms with E-state index in [0.717, 1.165) is 0 Å². The van der Waals surface area contributed by atoms with Crippen LogP contribution in [0.25, 0.3) is 22.4 Å². The molecule has 0 radical (unpaired) electrons. The van der Waals surface area contributed by atoms with Gasteiger partial charge in [0.25, 0.3) is 11.2 Å². The molecule has 0 saturated heterocycles. The molecule has 4 aromatic rings. The number of non-ortho nitro benzene ring substituents is 1. The minimum absolute atomic E-state index is 0.0185. The molecule has 0 N–H and O–H groups in total. The predicted octanol–water partition coefficient (Wildman–Crippen LogP) is 4.39. The van der Waals surface area contributed by atoms with Gasteiger partial charge in [0.15, 0.2) is 5.16 Å². The molecule has 0 spiro atoms. The molecule has 0 aliphatic heterocycles. The second kappa shape index (κ2) is 8.52. The average Bonchev–Trinajstić information content (AvgIpc) is 3.27. The number of fused-ring (bicyclic) bond motifs is 1. The maximum absolute atomic E-state index is 12.9. The molecule has 0 amide bonds. The molecule has 156 valence electrons. The van der Waals surface area contributed by atoms with Crippen molar-refractivity contribution in [1.82, 2.24) is 19.7 Å². The number of hydrogen-bond acceptors (Lipinski definition) is 8.